The van der Waals surface area contributed by atoms with E-state index in [-0.39, 0.29) is 0 Å². The molecule has 0 unspecified atom stereocenters. The van der Waals surface area contributed by atoms with Crippen molar-refractivity contribution in [3.05, 3.63) is 64.8 Å². The summed E-state index contributed by atoms with van der Waals surface area (Å²) in [7, 11) is 1.67. The van der Waals surface area contributed by atoms with Crippen molar-refractivity contribution in [1.29, 1.82) is 0 Å². The van der Waals surface area contributed by atoms with E-state index < -0.39 is 0 Å². The minimum Gasteiger partial charge on any atom is -0.496 e. The number of hydrogen-bond donors (Lipinski definition) is 1. The molecule has 21 heavy (non-hydrogen) atoms. The molecular weight excluding hydrogens is 284 g/mol. The molecule has 3 nitrogen and oxygen atoms in total. The predicted molar refractivity (Wildman–Crippen MR) is 86.9 cm³/mol. The van der Waals surface area contributed by atoms with Gasteiger partial charge in [-0.1, -0.05) is 23.7 Å². The Balaban J connectivity index is 2.05. The summed E-state index contributed by atoms with van der Waals surface area (Å²) in [6.07, 6.45) is 2.07. The largest absolute Gasteiger partial charge is 0.496 e. The Morgan fingerprint density at radius 3 is 2.76 bits per heavy atom. The topological polar surface area (TPSA) is 40.2 Å². The van der Waals surface area contributed by atoms with Gasteiger partial charge in [0.2, 0.25) is 0 Å². The predicted octanol–water partition coefficient (Wildman–Crippen LogP) is 3.81. The maximum atomic E-state index is 6.10. The SMILES string of the molecule is COc1ccc(Cl)cc1Cn1ccc2c(CN)cccc21. The van der Waals surface area contributed by atoms with Crippen LogP contribution in [-0.4, -0.2) is 11.7 Å². The van der Waals surface area contributed by atoms with Crippen LogP contribution in [0.15, 0.2) is 48.7 Å². The summed E-state index contributed by atoms with van der Waals surface area (Å²) in [6.45, 7) is 1.25. The number of fused-ring (bicyclic) bond motifs is 1. The Morgan fingerprint density at radius 1 is 1.14 bits per heavy atom. The zero-order chi connectivity index (χ0) is 14.8. The summed E-state index contributed by atoms with van der Waals surface area (Å²) in [4.78, 5) is 0. The van der Waals surface area contributed by atoms with Gasteiger partial charge in [0.25, 0.3) is 0 Å². The number of methoxy groups -OCH3 is 1. The van der Waals surface area contributed by atoms with Crippen LogP contribution in [-0.2, 0) is 13.1 Å². The molecule has 3 rings (SSSR count). The van der Waals surface area contributed by atoms with Crippen molar-refractivity contribution < 1.29 is 4.74 Å². The Hall–Kier alpha value is -1.97. The molecule has 0 fully saturated rings. The third-order valence-corrected chi connectivity index (χ3v) is 3.94. The monoisotopic (exact) mass is 300 g/mol. The van der Waals surface area contributed by atoms with Crippen LogP contribution in [0.5, 0.6) is 5.75 Å². The lowest BCUT2D eigenvalue weighted by molar-refractivity contribution is 0.408. The molecule has 0 atom stereocenters. The average molecular weight is 301 g/mol. The zero-order valence-electron chi connectivity index (χ0n) is 11.8. The summed E-state index contributed by atoms with van der Waals surface area (Å²) in [6, 6.07) is 14.0. The van der Waals surface area contributed by atoms with E-state index in [1.807, 2.05) is 24.3 Å². The first-order valence-corrected chi connectivity index (χ1v) is 7.20. The first-order chi connectivity index (χ1) is 10.2. The van der Waals surface area contributed by atoms with Gasteiger partial charge in [0, 0.05) is 34.2 Å². The van der Waals surface area contributed by atoms with Crippen LogP contribution in [0.25, 0.3) is 10.9 Å². The number of rotatable bonds is 4. The maximum Gasteiger partial charge on any atom is 0.123 e. The van der Waals surface area contributed by atoms with Crippen LogP contribution < -0.4 is 10.5 Å². The van der Waals surface area contributed by atoms with Crippen molar-refractivity contribution in [2.24, 2.45) is 5.73 Å². The average Bonchev–Trinajstić information content (AvgIpc) is 2.91. The van der Waals surface area contributed by atoms with Gasteiger partial charge in [0.05, 0.1) is 13.7 Å². The summed E-state index contributed by atoms with van der Waals surface area (Å²) < 4.78 is 7.60. The minimum absolute atomic E-state index is 0.543. The highest BCUT2D eigenvalue weighted by Crippen LogP contribution is 2.26. The van der Waals surface area contributed by atoms with Gasteiger partial charge in [-0.2, -0.15) is 0 Å². The minimum atomic E-state index is 0.543. The van der Waals surface area contributed by atoms with Crippen LogP contribution in [0.2, 0.25) is 5.02 Å². The van der Waals surface area contributed by atoms with Crippen LogP contribution in [0.1, 0.15) is 11.1 Å². The maximum absolute atomic E-state index is 6.10. The van der Waals surface area contributed by atoms with E-state index in [2.05, 4.69) is 29.0 Å². The van der Waals surface area contributed by atoms with E-state index in [0.29, 0.717) is 18.1 Å². The van der Waals surface area contributed by atoms with E-state index in [9.17, 15) is 0 Å². The number of nitrogens with zero attached hydrogens (tertiary/aromatic N) is 1. The van der Waals surface area contributed by atoms with Gasteiger partial charge >= 0.3 is 0 Å². The van der Waals surface area contributed by atoms with Crippen LogP contribution in [0.3, 0.4) is 0 Å². The van der Waals surface area contributed by atoms with Crippen molar-refractivity contribution in [3.8, 4) is 5.75 Å². The molecule has 108 valence electrons. The Labute approximate surface area is 128 Å². The molecule has 1 aromatic heterocycles. The molecule has 0 saturated heterocycles. The lowest BCUT2D eigenvalue weighted by Gasteiger charge is -2.11. The highest BCUT2D eigenvalue weighted by molar-refractivity contribution is 6.30. The molecule has 0 saturated carbocycles. The molecule has 1 heterocycles. The molecule has 2 aromatic carbocycles. The number of halogens is 1. The van der Waals surface area contributed by atoms with Crippen LogP contribution in [0.4, 0.5) is 0 Å². The van der Waals surface area contributed by atoms with E-state index in [4.69, 9.17) is 22.1 Å². The molecule has 3 aromatic rings. The zero-order valence-corrected chi connectivity index (χ0v) is 12.6. The van der Waals surface area contributed by atoms with E-state index in [1.54, 1.807) is 7.11 Å². The van der Waals surface area contributed by atoms with E-state index >= 15 is 0 Å². The van der Waals surface area contributed by atoms with Gasteiger partial charge in [-0.05, 0) is 35.9 Å². The van der Waals surface area contributed by atoms with Crippen molar-refractivity contribution in [2.45, 2.75) is 13.1 Å². The van der Waals surface area contributed by atoms with Gasteiger partial charge < -0.3 is 15.0 Å². The number of benzene rings is 2. The second-order valence-electron chi connectivity index (χ2n) is 4.95. The first kappa shape index (κ1) is 14.0. The van der Waals surface area contributed by atoms with Gasteiger partial charge in [-0.25, -0.2) is 0 Å². The van der Waals surface area contributed by atoms with Crippen LogP contribution >= 0.6 is 11.6 Å². The number of nitrogens with two attached hydrogens (primary N) is 1. The molecule has 0 bridgehead atoms. The molecule has 4 heteroatoms. The molecule has 2 N–H and O–H groups in total. The Bertz CT molecular complexity index is 780. The van der Waals surface area contributed by atoms with Gasteiger partial charge in [-0.15, -0.1) is 0 Å². The second kappa shape index (κ2) is 5.80. The molecule has 0 aliphatic carbocycles. The standard InChI is InChI=1S/C17H17ClN2O/c1-21-17-6-5-14(18)9-13(17)11-20-8-7-15-12(10-19)3-2-4-16(15)20/h2-9H,10-11,19H2,1H3. The number of hydrogen-bond acceptors (Lipinski definition) is 2. The van der Waals surface area contributed by atoms with Gasteiger partial charge in [-0.3, -0.25) is 0 Å². The lowest BCUT2D eigenvalue weighted by atomic mass is 10.1. The molecule has 0 aliphatic rings. The van der Waals surface area contributed by atoms with Crippen molar-refractivity contribution in [1.82, 2.24) is 4.57 Å². The quantitative estimate of drug-likeness (QED) is 0.796. The summed E-state index contributed by atoms with van der Waals surface area (Å²) >= 11 is 6.10. The third kappa shape index (κ3) is 2.62. The molecule has 0 spiro atoms. The Kier molecular flexibility index (Phi) is 3.86. The highest BCUT2D eigenvalue weighted by atomic mass is 35.5. The fraction of sp³-hybridized carbons (Fsp3) is 0.176. The van der Waals surface area contributed by atoms with Crippen molar-refractivity contribution in [2.75, 3.05) is 7.11 Å². The molecule has 0 aliphatic heterocycles. The normalized spacial score (nSPS) is 11.0. The summed E-state index contributed by atoms with van der Waals surface area (Å²) in [5.41, 5.74) is 9.18. The molecule has 0 amide bonds. The second-order valence-corrected chi connectivity index (χ2v) is 5.39. The molecule has 0 radical (unpaired) electrons. The van der Waals surface area contributed by atoms with Crippen molar-refractivity contribution >= 4 is 22.5 Å². The smallest absolute Gasteiger partial charge is 0.123 e. The Morgan fingerprint density at radius 2 is 2.00 bits per heavy atom. The van der Waals surface area contributed by atoms with E-state index in [1.165, 1.54) is 10.9 Å². The molecular formula is C17H17ClN2O. The summed E-state index contributed by atoms with van der Waals surface area (Å²) in [5, 5.41) is 1.91. The lowest BCUT2D eigenvalue weighted by Crippen LogP contribution is -2.01. The number of aromatic nitrogens is 1. The number of ether oxygens (including phenoxy) is 1. The summed E-state index contributed by atoms with van der Waals surface area (Å²) in [5.74, 6) is 0.844. The highest BCUT2D eigenvalue weighted by Gasteiger charge is 2.08. The van der Waals surface area contributed by atoms with Crippen molar-refractivity contribution in [3.63, 3.8) is 0 Å². The first-order valence-electron chi connectivity index (χ1n) is 6.82. The van der Waals surface area contributed by atoms with Crippen LogP contribution in [0, 0.1) is 0 Å². The van der Waals surface area contributed by atoms with E-state index in [0.717, 1.165) is 16.9 Å². The van der Waals surface area contributed by atoms with Gasteiger partial charge in [0.1, 0.15) is 5.75 Å². The fourth-order valence-corrected chi connectivity index (χ4v) is 2.85. The fourth-order valence-electron chi connectivity index (χ4n) is 2.66. The third-order valence-electron chi connectivity index (χ3n) is 3.71. The van der Waals surface area contributed by atoms with Gasteiger partial charge in [0.15, 0.2) is 0 Å².